The van der Waals surface area contributed by atoms with Crippen molar-refractivity contribution in [3.05, 3.63) is 29.8 Å². The van der Waals surface area contributed by atoms with Crippen LogP contribution in [0.1, 0.15) is 46.6 Å². The van der Waals surface area contributed by atoms with E-state index in [4.69, 9.17) is 10.5 Å². The SMILES string of the molecule is CC(C)NC(CCOc1cccc(C(C)(C)C)c1)C(N)=O. The summed E-state index contributed by atoms with van der Waals surface area (Å²) in [5.41, 5.74) is 6.71. The molecule has 3 N–H and O–H groups in total. The zero-order chi connectivity index (χ0) is 16.0. The van der Waals surface area contributed by atoms with E-state index in [1.165, 1.54) is 5.56 Å². The first kappa shape index (κ1) is 17.5. The van der Waals surface area contributed by atoms with Crippen LogP contribution < -0.4 is 15.8 Å². The minimum atomic E-state index is -0.351. The second kappa shape index (κ2) is 7.46. The number of ether oxygens (including phenoxy) is 1. The Balaban J connectivity index is 2.57. The molecule has 1 rings (SSSR count). The summed E-state index contributed by atoms with van der Waals surface area (Å²) in [5.74, 6) is 0.492. The maximum Gasteiger partial charge on any atom is 0.234 e. The Hall–Kier alpha value is -1.55. The highest BCUT2D eigenvalue weighted by Crippen LogP contribution is 2.25. The number of rotatable bonds is 7. The normalized spacial score (nSPS) is 13.2. The summed E-state index contributed by atoms with van der Waals surface area (Å²) >= 11 is 0. The van der Waals surface area contributed by atoms with Gasteiger partial charge in [0, 0.05) is 12.5 Å². The standard InChI is InChI=1S/C17H28N2O2/c1-12(2)19-15(16(18)20)9-10-21-14-8-6-7-13(11-14)17(3,4)5/h6-8,11-12,15,19H,9-10H2,1-5H3,(H2,18,20). The molecule has 0 radical (unpaired) electrons. The third-order valence-electron chi connectivity index (χ3n) is 3.25. The Kier molecular flexibility index (Phi) is 6.21. The second-order valence-electron chi connectivity index (χ2n) is 6.69. The van der Waals surface area contributed by atoms with Gasteiger partial charge in [0.15, 0.2) is 0 Å². The van der Waals surface area contributed by atoms with Crippen LogP contribution in [-0.2, 0) is 10.2 Å². The molecule has 0 aliphatic rings. The van der Waals surface area contributed by atoms with Crippen LogP contribution >= 0.6 is 0 Å². The van der Waals surface area contributed by atoms with E-state index in [2.05, 4.69) is 38.2 Å². The van der Waals surface area contributed by atoms with Gasteiger partial charge in [-0.1, -0.05) is 46.8 Å². The molecular weight excluding hydrogens is 264 g/mol. The highest BCUT2D eigenvalue weighted by atomic mass is 16.5. The van der Waals surface area contributed by atoms with Crippen LogP contribution in [0, 0.1) is 0 Å². The molecule has 0 fully saturated rings. The fourth-order valence-corrected chi connectivity index (χ4v) is 2.06. The van der Waals surface area contributed by atoms with E-state index >= 15 is 0 Å². The fourth-order valence-electron chi connectivity index (χ4n) is 2.06. The summed E-state index contributed by atoms with van der Waals surface area (Å²) in [6.45, 7) is 10.9. The molecule has 0 aliphatic heterocycles. The number of nitrogens with two attached hydrogens (primary N) is 1. The molecule has 1 unspecified atom stereocenters. The molecule has 4 nitrogen and oxygen atoms in total. The lowest BCUT2D eigenvalue weighted by Gasteiger charge is -2.21. The predicted molar refractivity (Wildman–Crippen MR) is 86.5 cm³/mol. The quantitative estimate of drug-likeness (QED) is 0.812. The van der Waals surface area contributed by atoms with Crippen LogP contribution in [0.25, 0.3) is 0 Å². The van der Waals surface area contributed by atoms with Crippen LogP contribution in [0.5, 0.6) is 5.75 Å². The van der Waals surface area contributed by atoms with Gasteiger partial charge in [0.05, 0.1) is 12.6 Å². The molecule has 0 bridgehead atoms. The van der Waals surface area contributed by atoms with Crippen LogP contribution in [0.15, 0.2) is 24.3 Å². The molecule has 0 aromatic heterocycles. The largest absolute Gasteiger partial charge is 0.494 e. The molecule has 0 heterocycles. The highest BCUT2D eigenvalue weighted by Gasteiger charge is 2.17. The average molecular weight is 292 g/mol. The van der Waals surface area contributed by atoms with Gasteiger partial charge in [0.1, 0.15) is 5.75 Å². The van der Waals surface area contributed by atoms with Crippen molar-refractivity contribution in [1.29, 1.82) is 0 Å². The first-order valence-electron chi connectivity index (χ1n) is 7.49. The molecule has 0 saturated heterocycles. The lowest BCUT2D eigenvalue weighted by Crippen LogP contribution is -2.45. The number of amides is 1. The van der Waals surface area contributed by atoms with Gasteiger partial charge < -0.3 is 15.8 Å². The van der Waals surface area contributed by atoms with Crippen LogP contribution in [0.2, 0.25) is 0 Å². The number of carbonyl (C=O) groups is 1. The maximum atomic E-state index is 11.4. The first-order chi connectivity index (χ1) is 9.70. The molecule has 4 heteroatoms. The smallest absolute Gasteiger partial charge is 0.234 e. The fraction of sp³-hybridized carbons (Fsp3) is 0.588. The molecule has 0 aliphatic carbocycles. The number of primary amides is 1. The third-order valence-corrected chi connectivity index (χ3v) is 3.25. The Morgan fingerprint density at radius 1 is 1.33 bits per heavy atom. The zero-order valence-electron chi connectivity index (χ0n) is 13.8. The van der Waals surface area contributed by atoms with Crippen molar-refractivity contribution in [2.45, 2.75) is 58.5 Å². The summed E-state index contributed by atoms with van der Waals surface area (Å²) in [4.78, 5) is 11.4. The van der Waals surface area contributed by atoms with Crippen molar-refractivity contribution in [3.8, 4) is 5.75 Å². The van der Waals surface area contributed by atoms with Crippen LogP contribution in [0.3, 0.4) is 0 Å². The molecule has 1 aromatic carbocycles. The van der Waals surface area contributed by atoms with E-state index in [0.29, 0.717) is 13.0 Å². The minimum absolute atomic E-state index is 0.0916. The lowest BCUT2D eigenvalue weighted by molar-refractivity contribution is -0.120. The first-order valence-corrected chi connectivity index (χ1v) is 7.49. The van der Waals surface area contributed by atoms with Gasteiger partial charge in [-0.25, -0.2) is 0 Å². The molecule has 1 atom stereocenters. The predicted octanol–water partition coefficient (Wildman–Crippen LogP) is 2.60. The second-order valence-corrected chi connectivity index (χ2v) is 6.69. The van der Waals surface area contributed by atoms with Gasteiger partial charge in [-0.05, 0) is 23.1 Å². The zero-order valence-corrected chi connectivity index (χ0v) is 13.8. The Morgan fingerprint density at radius 2 is 2.00 bits per heavy atom. The number of nitrogens with one attached hydrogen (secondary N) is 1. The van der Waals surface area contributed by atoms with E-state index in [1.54, 1.807) is 0 Å². The van der Waals surface area contributed by atoms with Gasteiger partial charge in [0.2, 0.25) is 5.91 Å². The van der Waals surface area contributed by atoms with Crippen molar-refractivity contribution >= 4 is 5.91 Å². The van der Waals surface area contributed by atoms with Gasteiger partial charge >= 0.3 is 0 Å². The van der Waals surface area contributed by atoms with Gasteiger partial charge in [-0.3, -0.25) is 4.79 Å². The third kappa shape index (κ3) is 6.17. The highest BCUT2D eigenvalue weighted by molar-refractivity contribution is 5.79. The van der Waals surface area contributed by atoms with Crippen molar-refractivity contribution in [2.75, 3.05) is 6.61 Å². The van der Waals surface area contributed by atoms with Gasteiger partial charge in [-0.2, -0.15) is 0 Å². The van der Waals surface area contributed by atoms with E-state index in [-0.39, 0.29) is 23.4 Å². The topological polar surface area (TPSA) is 64.3 Å². The van der Waals surface area contributed by atoms with E-state index in [9.17, 15) is 4.79 Å². The number of hydrogen-bond acceptors (Lipinski definition) is 3. The monoisotopic (exact) mass is 292 g/mol. The van der Waals surface area contributed by atoms with E-state index in [1.807, 2.05) is 26.0 Å². The Labute approximate surface area is 128 Å². The van der Waals surface area contributed by atoms with Crippen molar-refractivity contribution in [2.24, 2.45) is 5.73 Å². The van der Waals surface area contributed by atoms with Crippen molar-refractivity contribution < 1.29 is 9.53 Å². The minimum Gasteiger partial charge on any atom is -0.494 e. The number of carbonyl (C=O) groups excluding carboxylic acids is 1. The van der Waals surface area contributed by atoms with E-state index < -0.39 is 0 Å². The lowest BCUT2D eigenvalue weighted by atomic mass is 9.87. The average Bonchev–Trinajstić information content (AvgIpc) is 2.36. The molecule has 21 heavy (non-hydrogen) atoms. The summed E-state index contributed by atoms with van der Waals surface area (Å²) < 4.78 is 5.76. The molecule has 0 saturated carbocycles. The molecule has 0 spiro atoms. The van der Waals surface area contributed by atoms with Crippen LogP contribution in [-0.4, -0.2) is 24.6 Å². The summed E-state index contributed by atoms with van der Waals surface area (Å²) in [5, 5.41) is 3.15. The number of hydrogen-bond donors (Lipinski definition) is 2. The summed E-state index contributed by atoms with van der Waals surface area (Å²) in [7, 11) is 0. The maximum absolute atomic E-state index is 11.4. The van der Waals surface area contributed by atoms with E-state index in [0.717, 1.165) is 5.75 Å². The van der Waals surface area contributed by atoms with Crippen molar-refractivity contribution in [1.82, 2.24) is 5.32 Å². The molecular formula is C17H28N2O2. The van der Waals surface area contributed by atoms with Gasteiger partial charge in [0.25, 0.3) is 0 Å². The van der Waals surface area contributed by atoms with Crippen LogP contribution in [0.4, 0.5) is 0 Å². The Morgan fingerprint density at radius 3 is 2.52 bits per heavy atom. The number of benzene rings is 1. The van der Waals surface area contributed by atoms with Crippen molar-refractivity contribution in [3.63, 3.8) is 0 Å². The molecule has 1 amide bonds. The Bertz CT molecular complexity index is 464. The summed E-state index contributed by atoms with van der Waals surface area (Å²) in [6.07, 6.45) is 0.563. The van der Waals surface area contributed by atoms with Gasteiger partial charge in [-0.15, -0.1) is 0 Å². The molecule has 1 aromatic rings. The summed E-state index contributed by atoms with van der Waals surface area (Å²) in [6, 6.07) is 7.94. The molecule has 118 valence electrons.